The molecule has 1 N–H and O–H groups in total. The summed E-state index contributed by atoms with van der Waals surface area (Å²) in [6.07, 6.45) is 2.51. The number of benzene rings is 1. The Bertz CT molecular complexity index is 303. The molecule has 0 bridgehead atoms. The summed E-state index contributed by atoms with van der Waals surface area (Å²) in [6, 6.07) is 6.87. The summed E-state index contributed by atoms with van der Waals surface area (Å²) < 4.78 is 0. The Balaban J connectivity index is 2.25. The Kier molecular flexibility index (Phi) is 2.56. The van der Waals surface area contributed by atoms with E-state index in [-0.39, 0.29) is 0 Å². The monoisotopic (exact) mass is 195 g/mol. The van der Waals surface area contributed by atoms with Crippen LogP contribution < -0.4 is 5.32 Å². The van der Waals surface area contributed by atoms with E-state index >= 15 is 0 Å². The number of hydrogen-bond acceptors (Lipinski definition) is 1. The molecular weight excluding hydrogens is 182 g/mol. The Morgan fingerprint density at radius 2 is 2.31 bits per heavy atom. The maximum atomic E-state index is 6.06. The minimum Gasteiger partial charge on any atom is -0.310 e. The summed E-state index contributed by atoms with van der Waals surface area (Å²) in [6.45, 7) is 3.17. The first-order valence-electron chi connectivity index (χ1n) is 4.77. The molecule has 0 aromatic heterocycles. The van der Waals surface area contributed by atoms with Crippen molar-refractivity contribution in [2.75, 3.05) is 6.54 Å². The Labute approximate surface area is 84.1 Å². The van der Waals surface area contributed by atoms with Gasteiger partial charge in [-0.25, -0.2) is 0 Å². The van der Waals surface area contributed by atoms with Gasteiger partial charge >= 0.3 is 0 Å². The molecule has 1 fully saturated rings. The van der Waals surface area contributed by atoms with E-state index in [9.17, 15) is 0 Å². The minimum absolute atomic E-state index is 0.526. The van der Waals surface area contributed by atoms with Gasteiger partial charge in [0.1, 0.15) is 0 Å². The first-order valence-corrected chi connectivity index (χ1v) is 5.14. The van der Waals surface area contributed by atoms with E-state index in [0.29, 0.717) is 6.04 Å². The molecule has 1 aliphatic rings. The van der Waals surface area contributed by atoms with Crippen LogP contribution in [-0.4, -0.2) is 6.54 Å². The summed E-state index contributed by atoms with van der Waals surface area (Å²) in [7, 11) is 0. The fourth-order valence-corrected chi connectivity index (χ4v) is 1.98. The van der Waals surface area contributed by atoms with Crippen molar-refractivity contribution in [1.82, 2.24) is 5.32 Å². The van der Waals surface area contributed by atoms with Crippen LogP contribution in [0.5, 0.6) is 0 Å². The SMILES string of the molecule is Cc1ccc([C@@H]2CCCN2)cc1Cl. The number of halogens is 1. The lowest BCUT2D eigenvalue weighted by atomic mass is 10.0. The molecule has 2 heteroatoms. The van der Waals surface area contributed by atoms with Gasteiger partial charge < -0.3 is 5.32 Å². The first-order chi connectivity index (χ1) is 6.27. The van der Waals surface area contributed by atoms with Gasteiger partial charge in [-0.1, -0.05) is 23.7 Å². The van der Waals surface area contributed by atoms with E-state index in [1.807, 2.05) is 6.92 Å². The molecular formula is C11H14ClN. The van der Waals surface area contributed by atoms with Crippen molar-refractivity contribution in [2.24, 2.45) is 0 Å². The molecule has 1 aromatic carbocycles. The smallest absolute Gasteiger partial charge is 0.0438 e. The van der Waals surface area contributed by atoms with E-state index in [1.165, 1.54) is 18.4 Å². The third-order valence-electron chi connectivity index (χ3n) is 2.66. The van der Waals surface area contributed by atoms with Crippen LogP contribution in [0.1, 0.15) is 30.0 Å². The number of hydrogen-bond donors (Lipinski definition) is 1. The normalized spacial score (nSPS) is 22.2. The van der Waals surface area contributed by atoms with Crippen molar-refractivity contribution >= 4 is 11.6 Å². The van der Waals surface area contributed by atoms with Crippen LogP contribution in [0.2, 0.25) is 5.02 Å². The van der Waals surface area contributed by atoms with Crippen LogP contribution >= 0.6 is 11.6 Å². The summed E-state index contributed by atoms with van der Waals surface area (Å²) >= 11 is 6.06. The molecule has 1 aliphatic heterocycles. The second-order valence-electron chi connectivity index (χ2n) is 3.66. The second-order valence-corrected chi connectivity index (χ2v) is 4.06. The fourth-order valence-electron chi connectivity index (χ4n) is 1.79. The van der Waals surface area contributed by atoms with Crippen LogP contribution in [0, 0.1) is 6.92 Å². The number of nitrogens with one attached hydrogen (secondary N) is 1. The van der Waals surface area contributed by atoms with Crippen molar-refractivity contribution in [1.29, 1.82) is 0 Å². The zero-order valence-electron chi connectivity index (χ0n) is 7.81. The molecule has 0 radical (unpaired) electrons. The molecule has 1 saturated heterocycles. The van der Waals surface area contributed by atoms with Crippen LogP contribution in [0.25, 0.3) is 0 Å². The lowest BCUT2D eigenvalue weighted by molar-refractivity contribution is 0.647. The van der Waals surface area contributed by atoms with Crippen molar-refractivity contribution in [3.05, 3.63) is 34.3 Å². The van der Waals surface area contributed by atoms with E-state index in [4.69, 9.17) is 11.6 Å². The largest absolute Gasteiger partial charge is 0.310 e. The highest BCUT2D eigenvalue weighted by Gasteiger charge is 2.16. The van der Waals surface area contributed by atoms with Crippen LogP contribution in [0.4, 0.5) is 0 Å². The molecule has 1 atom stereocenters. The lowest BCUT2D eigenvalue weighted by Crippen LogP contribution is -2.12. The molecule has 1 heterocycles. The third-order valence-corrected chi connectivity index (χ3v) is 3.07. The highest BCUT2D eigenvalue weighted by Crippen LogP contribution is 2.26. The van der Waals surface area contributed by atoms with Crippen molar-refractivity contribution in [2.45, 2.75) is 25.8 Å². The quantitative estimate of drug-likeness (QED) is 0.727. The predicted octanol–water partition coefficient (Wildman–Crippen LogP) is 3.07. The van der Waals surface area contributed by atoms with Crippen molar-refractivity contribution in [3.63, 3.8) is 0 Å². The summed E-state index contributed by atoms with van der Waals surface area (Å²) in [5.74, 6) is 0. The lowest BCUT2D eigenvalue weighted by Gasteiger charge is -2.11. The molecule has 0 aliphatic carbocycles. The van der Waals surface area contributed by atoms with Gasteiger partial charge in [-0.3, -0.25) is 0 Å². The molecule has 70 valence electrons. The minimum atomic E-state index is 0.526. The Morgan fingerprint density at radius 3 is 2.92 bits per heavy atom. The fraction of sp³-hybridized carbons (Fsp3) is 0.455. The zero-order chi connectivity index (χ0) is 9.26. The van der Waals surface area contributed by atoms with Crippen LogP contribution in [-0.2, 0) is 0 Å². The average Bonchev–Trinajstić information content (AvgIpc) is 2.62. The number of rotatable bonds is 1. The molecule has 2 rings (SSSR count). The summed E-state index contributed by atoms with van der Waals surface area (Å²) in [4.78, 5) is 0. The first kappa shape index (κ1) is 9.04. The number of aryl methyl sites for hydroxylation is 1. The van der Waals surface area contributed by atoms with Gasteiger partial charge in [0.25, 0.3) is 0 Å². The van der Waals surface area contributed by atoms with Gasteiger partial charge in [0.15, 0.2) is 0 Å². The van der Waals surface area contributed by atoms with Crippen molar-refractivity contribution < 1.29 is 0 Å². The van der Waals surface area contributed by atoms with E-state index in [0.717, 1.165) is 17.1 Å². The highest BCUT2D eigenvalue weighted by atomic mass is 35.5. The summed E-state index contributed by atoms with van der Waals surface area (Å²) in [5.41, 5.74) is 2.48. The van der Waals surface area contributed by atoms with Crippen molar-refractivity contribution in [3.8, 4) is 0 Å². The van der Waals surface area contributed by atoms with Gasteiger partial charge in [0.05, 0.1) is 0 Å². The molecule has 0 unspecified atom stereocenters. The predicted molar refractivity (Wildman–Crippen MR) is 56.2 cm³/mol. The van der Waals surface area contributed by atoms with Gasteiger partial charge in [-0.05, 0) is 43.5 Å². The molecule has 0 amide bonds. The summed E-state index contributed by atoms with van der Waals surface area (Å²) in [5, 5.41) is 4.34. The molecule has 1 nitrogen and oxygen atoms in total. The molecule has 1 aromatic rings. The van der Waals surface area contributed by atoms with Gasteiger partial charge in [0, 0.05) is 11.1 Å². The topological polar surface area (TPSA) is 12.0 Å². The molecule has 0 spiro atoms. The van der Waals surface area contributed by atoms with E-state index in [2.05, 4.69) is 23.5 Å². The van der Waals surface area contributed by atoms with Crippen LogP contribution in [0.15, 0.2) is 18.2 Å². The van der Waals surface area contributed by atoms with E-state index < -0.39 is 0 Å². The maximum Gasteiger partial charge on any atom is 0.0438 e. The zero-order valence-corrected chi connectivity index (χ0v) is 8.56. The molecule has 0 saturated carbocycles. The second kappa shape index (κ2) is 3.69. The van der Waals surface area contributed by atoms with Gasteiger partial charge in [0.2, 0.25) is 0 Å². The van der Waals surface area contributed by atoms with E-state index in [1.54, 1.807) is 0 Å². The molecule has 13 heavy (non-hydrogen) atoms. The van der Waals surface area contributed by atoms with Gasteiger partial charge in [-0.2, -0.15) is 0 Å². The standard InChI is InChI=1S/C11H14ClN/c1-8-4-5-9(7-10(8)12)11-3-2-6-13-11/h4-5,7,11,13H,2-3,6H2,1H3/t11-/m0/s1. The highest BCUT2D eigenvalue weighted by molar-refractivity contribution is 6.31. The Hall–Kier alpha value is -0.530. The average molecular weight is 196 g/mol. The van der Waals surface area contributed by atoms with Gasteiger partial charge in [-0.15, -0.1) is 0 Å². The maximum absolute atomic E-state index is 6.06. The van der Waals surface area contributed by atoms with Crippen LogP contribution in [0.3, 0.4) is 0 Å². The third kappa shape index (κ3) is 1.87. The Morgan fingerprint density at radius 1 is 1.46 bits per heavy atom.